The minimum Gasteiger partial charge on any atom is -0.341 e. The molecule has 0 aliphatic heterocycles. The normalized spacial score (nSPS) is 10.9. The van der Waals surface area contributed by atoms with E-state index in [1.165, 1.54) is 39.8 Å². The number of benzene rings is 1. The molecule has 0 N–H and O–H groups in total. The Balaban J connectivity index is 1.72. The molecule has 0 unspecified atom stereocenters. The molecule has 0 radical (unpaired) electrons. The van der Waals surface area contributed by atoms with Gasteiger partial charge in [0.15, 0.2) is 5.16 Å². The summed E-state index contributed by atoms with van der Waals surface area (Å²) < 4.78 is 14.5. The lowest BCUT2D eigenvalue weighted by atomic mass is 10.2. The second kappa shape index (κ2) is 8.49. The SMILES string of the molecule is C=CCn1c(SCC(=O)N(C)Cc2ccc(F)cc2)nc2sccc2c1=O. The number of carbonyl (C=O) groups is 1. The van der Waals surface area contributed by atoms with E-state index in [9.17, 15) is 14.0 Å². The van der Waals surface area contributed by atoms with Crippen LogP contribution in [0.3, 0.4) is 0 Å². The molecule has 2 heterocycles. The lowest BCUT2D eigenvalue weighted by Crippen LogP contribution is -2.28. The Morgan fingerprint density at radius 1 is 1.37 bits per heavy atom. The topological polar surface area (TPSA) is 55.2 Å². The van der Waals surface area contributed by atoms with E-state index in [-0.39, 0.29) is 23.0 Å². The number of carbonyl (C=O) groups excluding carboxylic acids is 1. The molecule has 2 aromatic heterocycles. The highest BCUT2D eigenvalue weighted by Gasteiger charge is 2.15. The van der Waals surface area contributed by atoms with Crippen molar-refractivity contribution in [3.8, 4) is 0 Å². The van der Waals surface area contributed by atoms with Crippen LogP contribution in [0.4, 0.5) is 4.39 Å². The first-order chi connectivity index (χ1) is 13.0. The Kier molecular flexibility index (Phi) is 6.08. The smallest absolute Gasteiger partial charge is 0.263 e. The van der Waals surface area contributed by atoms with E-state index in [2.05, 4.69) is 11.6 Å². The number of rotatable bonds is 7. The lowest BCUT2D eigenvalue weighted by Gasteiger charge is -2.17. The third kappa shape index (κ3) is 4.45. The van der Waals surface area contributed by atoms with Crippen molar-refractivity contribution in [1.82, 2.24) is 14.5 Å². The Labute approximate surface area is 164 Å². The number of thiophene rings is 1. The summed E-state index contributed by atoms with van der Waals surface area (Å²) in [6.45, 7) is 4.40. The van der Waals surface area contributed by atoms with Gasteiger partial charge in [-0.05, 0) is 29.1 Å². The second-order valence-electron chi connectivity index (χ2n) is 5.90. The average Bonchev–Trinajstić information content (AvgIpc) is 3.13. The molecule has 0 aliphatic carbocycles. The molecule has 0 spiro atoms. The van der Waals surface area contributed by atoms with E-state index < -0.39 is 0 Å². The Bertz CT molecular complexity index is 1030. The van der Waals surface area contributed by atoms with Crippen molar-refractivity contribution in [3.05, 3.63) is 70.1 Å². The predicted octanol–water partition coefficient (Wildman–Crippen LogP) is 3.53. The number of fused-ring (bicyclic) bond motifs is 1. The van der Waals surface area contributed by atoms with Gasteiger partial charge in [-0.15, -0.1) is 17.9 Å². The molecule has 1 amide bonds. The first kappa shape index (κ1) is 19.3. The summed E-state index contributed by atoms with van der Waals surface area (Å²) in [5.74, 6) is -0.258. The van der Waals surface area contributed by atoms with E-state index in [4.69, 9.17) is 0 Å². The summed E-state index contributed by atoms with van der Waals surface area (Å²) in [4.78, 5) is 31.8. The number of allylic oxidation sites excluding steroid dienone is 1. The summed E-state index contributed by atoms with van der Waals surface area (Å²) >= 11 is 2.62. The number of halogens is 1. The first-order valence-electron chi connectivity index (χ1n) is 8.19. The summed E-state index contributed by atoms with van der Waals surface area (Å²) in [5.41, 5.74) is 0.717. The molecule has 0 fully saturated rings. The quantitative estimate of drug-likeness (QED) is 0.344. The van der Waals surface area contributed by atoms with Gasteiger partial charge >= 0.3 is 0 Å². The minimum atomic E-state index is -0.307. The van der Waals surface area contributed by atoms with Gasteiger partial charge in [0, 0.05) is 20.1 Å². The Hall–Kier alpha value is -2.45. The number of amides is 1. The molecule has 0 aliphatic rings. The van der Waals surface area contributed by atoms with Crippen LogP contribution >= 0.6 is 23.1 Å². The molecule has 140 valence electrons. The van der Waals surface area contributed by atoms with Gasteiger partial charge in [-0.3, -0.25) is 14.2 Å². The maximum Gasteiger partial charge on any atom is 0.263 e. The molecule has 27 heavy (non-hydrogen) atoms. The van der Waals surface area contributed by atoms with Crippen LogP contribution in [0.5, 0.6) is 0 Å². The van der Waals surface area contributed by atoms with Gasteiger partial charge in [0.1, 0.15) is 10.6 Å². The van der Waals surface area contributed by atoms with Crippen molar-refractivity contribution in [2.45, 2.75) is 18.2 Å². The van der Waals surface area contributed by atoms with E-state index in [0.717, 1.165) is 5.56 Å². The molecule has 1 aromatic carbocycles. The van der Waals surface area contributed by atoms with Crippen LogP contribution in [0.2, 0.25) is 0 Å². The number of hydrogen-bond acceptors (Lipinski definition) is 5. The largest absolute Gasteiger partial charge is 0.341 e. The molecule has 8 heteroatoms. The lowest BCUT2D eigenvalue weighted by molar-refractivity contribution is -0.127. The summed E-state index contributed by atoms with van der Waals surface area (Å²) in [5, 5.41) is 2.90. The summed E-state index contributed by atoms with van der Waals surface area (Å²) in [6, 6.07) is 7.80. The fraction of sp³-hybridized carbons (Fsp3) is 0.211. The standard InChI is InChI=1S/C19H18FN3O2S2/c1-3-9-23-18(25)15-8-10-26-17(15)21-19(23)27-12-16(24)22(2)11-13-4-6-14(20)7-5-13/h3-8,10H,1,9,11-12H2,2H3. The fourth-order valence-corrected chi connectivity index (χ4v) is 4.27. The molecule has 0 atom stereocenters. The maximum absolute atomic E-state index is 13.0. The van der Waals surface area contributed by atoms with Crippen LogP contribution in [0.25, 0.3) is 10.2 Å². The highest BCUT2D eigenvalue weighted by atomic mass is 32.2. The highest BCUT2D eigenvalue weighted by Crippen LogP contribution is 2.21. The maximum atomic E-state index is 13.0. The Morgan fingerprint density at radius 3 is 2.81 bits per heavy atom. The average molecular weight is 404 g/mol. The monoisotopic (exact) mass is 403 g/mol. The van der Waals surface area contributed by atoms with Crippen molar-refractivity contribution in [3.63, 3.8) is 0 Å². The molecule has 0 saturated carbocycles. The van der Waals surface area contributed by atoms with Gasteiger partial charge in [-0.1, -0.05) is 30.0 Å². The van der Waals surface area contributed by atoms with Crippen molar-refractivity contribution in [2.24, 2.45) is 0 Å². The molecule has 0 saturated heterocycles. The number of thioether (sulfide) groups is 1. The van der Waals surface area contributed by atoms with Crippen molar-refractivity contribution in [2.75, 3.05) is 12.8 Å². The van der Waals surface area contributed by atoms with Crippen molar-refractivity contribution >= 4 is 39.2 Å². The van der Waals surface area contributed by atoms with Crippen LogP contribution in [0, 0.1) is 5.82 Å². The van der Waals surface area contributed by atoms with Gasteiger partial charge < -0.3 is 4.90 Å². The predicted molar refractivity (Wildman–Crippen MR) is 108 cm³/mol. The Morgan fingerprint density at radius 2 is 2.11 bits per heavy atom. The van der Waals surface area contributed by atoms with Crippen LogP contribution < -0.4 is 5.56 Å². The number of nitrogens with zero attached hydrogens (tertiary/aromatic N) is 3. The summed E-state index contributed by atoms with van der Waals surface area (Å²) in [6.07, 6.45) is 1.63. The van der Waals surface area contributed by atoms with Gasteiger partial charge in [-0.2, -0.15) is 0 Å². The third-order valence-corrected chi connectivity index (χ3v) is 5.71. The van der Waals surface area contributed by atoms with Gasteiger partial charge in [0.05, 0.1) is 11.1 Å². The zero-order chi connectivity index (χ0) is 19.4. The number of hydrogen-bond donors (Lipinski definition) is 0. The van der Waals surface area contributed by atoms with Crippen LogP contribution in [0.15, 0.2) is 58.3 Å². The van der Waals surface area contributed by atoms with Crippen LogP contribution in [-0.4, -0.2) is 33.2 Å². The van der Waals surface area contributed by atoms with E-state index >= 15 is 0 Å². The molecule has 3 rings (SSSR count). The number of aromatic nitrogens is 2. The fourth-order valence-electron chi connectivity index (χ4n) is 2.52. The summed E-state index contributed by atoms with van der Waals surface area (Å²) in [7, 11) is 1.69. The van der Waals surface area contributed by atoms with Crippen LogP contribution in [0.1, 0.15) is 5.56 Å². The van der Waals surface area contributed by atoms with Crippen LogP contribution in [-0.2, 0) is 17.9 Å². The second-order valence-corrected chi connectivity index (χ2v) is 7.74. The van der Waals surface area contributed by atoms with Gasteiger partial charge in [0.2, 0.25) is 5.91 Å². The zero-order valence-electron chi connectivity index (χ0n) is 14.7. The molecule has 0 bridgehead atoms. The molecular weight excluding hydrogens is 385 g/mol. The highest BCUT2D eigenvalue weighted by molar-refractivity contribution is 7.99. The molecule has 5 nitrogen and oxygen atoms in total. The van der Waals surface area contributed by atoms with Gasteiger partial charge in [0.25, 0.3) is 5.56 Å². The van der Waals surface area contributed by atoms with E-state index in [0.29, 0.717) is 28.5 Å². The molecular formula is C19H18FN3O2S2. The third-order valence-electron chi connectivity index (χ3n) is 3.94. The van der Waals surface area contributed by atoms with E-state index in [1.807, 2.05) is 5.38 Å². The minimum absolute atomic E-state index is 0.102. The van der Waals surface area contributed by atoms with Crippen molar-refractivity contribution < 1.29 is 9.18 Å². The first-order valence-corrected chi connectivity index (χ1v) is 10.1. The zero-order valence-corrected chi connectivity index (χ0v) is 16.4. The molecule has 3 aromatic rings. The van der Waals surface area contributed by atoms with E-state index in [1.54, 1.807) is 36.2 Å². The van der Waals surface area contributed by atoms with Gasteiger partial charge in [-0.25, -0.2) is 9.37 Å². The van der Waals surface area contributed by atoms with Crippen molar-refractivity contribution in [1.29, 1.82) is 0 Å².